The van der Waals surface area contributed by atoms with Crippen LogP contribution in [-0.4, -0.2) is 23.5 Å². The molecule has 1 rings (SSSR count). The third-order valence-electron chi connectivity index (χ3n) is 1.98. The Hall–Kier alpha value is -0.420. The Kier molecular flexibility index (Phi) is 3.32. The van der Waals surface area contributed by atoms with E-state index >= 15 is 0 Å². The number of allylic oxidation sites excluding steroid dienone is 2. The van der Waals surface area contributed by atoms with E-state index < -0.39 is 12.0 Å². The van der Waals surface area contributed by atoms with Crippen LogP contribution in [0.15, 0.2) is 24.3 Å². The summed E-state index contributed by atoms with van der Waals surface area (Å²) in [5, 5.41) is -0.311. The van der Waals surface area contributed by atoms with Crippen LogP contribution in [0.2, 0.25) is 0 Å². The van der Waals surface area contributed by atoms with Gasteiger partial charge in [0.2, 0.25) is 0 Å². The summed E-state index contributed by atoms with van der Waals surface area (Å²) in [7, 11) is 0. The van der Waals surface area contributed by atoms with Gasteiger partial charge in [-0.2, -0.15) is 11.8 Å². The second-order valence-corrected chi connectivity index (χ2v) is 4.11. The van der Waals surface area contributed by atoms with Crippen LogP contribution in [0.1, 0.15) is 6.92 Å². The molecule has 0 radical (unpaired) electrons. The molecule has 1 nitrogen and oxygen atoms in total. The van der Waals surface area contributed by atoms with E-state index in [1.165, 1.54) is 24.8 Å². The van der Waals surface area contributed by atoms with Gasteiger partial charge in [-0.3, -0.25) is 4.74 Å². The second kappa shape index (κ2) is 3.98. The van der Waals surface area contributed by atoms with E-state index in [1.807, 2.05) is 0 Å². The first-order chi connectivity index (χ1) is 6.37. The van der Waals surface area contributed by atoms with Crippen LogP contribution in [0.4, 0.5) is 13.2 Å². The Morgan fingerprint density at radius 2 is 2.00 bits per heavy atom. The highest BCUT2D eigenvalue weighted by atomic mass is 32.2. The highest BCUT2D eigenvalue weighted by Gasteiger charge is 2.43. The Morgan fingerprint density at radius 1 is 1.36 bits per heavy atom. The molecule has 0 aromatic rings. The normalized spacial score (nSPS) is 32.2. The van der Waals surface area contributed by atoms with Gasteiger partial charge in [0.15, 0.2) is 0 Å². The zero-order valence-electron chi connectivity index (χ0n) is 7.84. The van der Waals surface area contributed by atoms with E-state index in [0.29, 0.717) is 0 Å². The minimum Gasteiger partial charge on any atom is -0.280 e. The van der Waals surface area contributed by atoms with Crippen molar-refractivity contribution in [3.05, 3.63) is 24.3 Å². The smallest absolute Gasteiger partial charge is 0.280 e. The van der Waals surface area contributed by atoms with Crippen molar-refractivity contribution in [3.63, 3.8) is 0 Å². The van der Waals surface area contributed by atoms with E-state index in [4.69, 9.17) is 0 Å². The quantitative estimate of drug-likeness (QED) is 0.712. The molecule has 0 aromatic heterocycles. The summed E-state index contributed by atoms with van der Waals surface area (Å²) in [5.41, 5.74) is -1.30. The molecular formula is C9H11F3OS. The fourth-order valence-corrected chi connectivity index (χ4v) is 2.19. The Morgan fingerprint density at radius 3 is 2.50 bits per heavy atom. The van der Waals surface area contributed by atoms with Crippen LogP contribution < -0.4 is 0 Å². The number of halogens is 3. The molecule has 0 fully saturated rings. The first kappa shape index (κ1) is 11.7. The molecule has 0 N–H and O–H groups in total. The van der Waals surface area contributed by atoms with Crippen LogP contribution in [0, 0.1) is 0 Å². The van der Waals surface area contributed by atoms with Crippen molar-refractivity contribution < 1.29 is 17.9 Å². The lowest BCUT2D eigenvalue weighted by Gasteiger charge is -2.34. The number of hydrogen-bond donors (Lipinski definition) is 0. The van der Waals surface area contributed by atoms with Crippen LogP contribution in [-0.2, 0) is 4.74 Å². The van der Waals surface area contributed by atoms with Crippen molar-refractivity contribution in [2.24, 2.45) is 0 Å². The average molecular weight is 224 g/mol. The standard InChI is InChI=1S/C9H11F3OS/c1-8(13-9(10,11)12)6-4-3-5-7(8)14-2/h3-7H,1-2H3. The van der Waals surface area contributed by atoms with Gasteiger partial charge in [0.05, 0.1) is 5.25 Å². The van der Waals surface area contributed by atoms with Crippen LogP contribution >= 0.6 is 11.8 Å². The molecule has 14 heavy (non-hydrogen) atoms. The monoisotopic (exact) mass is 224 g/mol. The van der Waals surface area contributed by atoms with Gasteiger partial charge in [-0.1, -0.05) is 24.3 Å². The molecule has 0 heterocycles. The van der Waals surface area contributed by atoms with Crippen LogP contribution in [0.3, 0.4) is 0 Å². The lowest BCUT2D eigenvalue weighted by atomic mass is 9.97. The highest BCUT2D eigenvalue weighted by Crippen LogP contribution is 2.35. The molecule has 0 bridgehead atoms. The van der Waals surface area contributed by atoms with E-state index in [0.717, 1.165) is 0 Å². The van der Waals surface area contributed by atoms with Gasteiger partial charge in [0.1, 0.15) is 5.60 Å². The summed E-state index contributed by atoms with van der Waals surface area (Å²) in [6.07, 6.45) is 3.59. The third-order valence-corrected chi connectivity index (χ3v) is 3.11. The number of hydrogen-bond acceptors (Lipinski definition) is 2. The molecule has 0 aromatic carbocycles. The Labute approximate surface area is 85.0 Å². The summed E-state index contributed by atoms with van der Waals surface area (Å²) < 4.78 is 40.4. The summed E-state index contributed by atoms with van der Waals surface area (Å²) in [4.78, 5) is 0. The molecule has 0 spiro atoms. The van der Waals surface area contributed by atoms with Crippen molar-refractivity contribution in [2.75, 3.05) is 6.26 Å². The van der Waals surface area contributed by atoms with E-state index in [9.17, 15) is 13.2 Å². The molecule has 2 atom stereocenters. The fourth-order valence-electron chi connectivity index (χ4n) is 1.35. The number of rotatable bonds is 2. The third kappa shape index (κ3) is 2.78. The highest BCUT2D eigenvalue weighted by molar-refractivity contribution is 7.99. The van der Waals surface area contributed by atoms with Gasteiger partial charge >= 0.3 is 6.36 Å². The van der Waals surface area contributed by atoms with Crippen molar-refractivity contribution in [1.29, 1.82) is 0 Å². The zero-order valence-corrected chi connectivity index (χ0v) is 8.65. The first-order valence-electron chi connectivity index (χ1n) is 4.03. The van der Waals surface area contributed by atoms with Gasteiger partial charge in [-0.25, -0.2) is 0 Å². The minimum atomic E-state index is -4.60. The largest absolute Gasteiger partial charge is 0.523 e. The topological polar surface area (TPSA) is 9.23 Å². The van der Waals surface area contributed by atoms with Crippen molar-refractivity contribution >= 4 is 11.8 Å². The summed E-state index contributed by atoms with van der Waals surface area (Å²) in [6.45, 7) is 1.43. The SMILES string of the molecule is CSC1C=CC=CC1(C)OC(F)(F)F. The van der Waals surface area contributed by atoms with Gasteiger partial charge in [-0.05, 0) is 13.2 Å². The molecule has 0 saturated heterocycles. The van der Waals surface area contributed by atoms with Crippen LogP contribution in [0.5, 0.6) is 0 Å². The molecule has 1 aliphatic rings. The molecule has 1 aliphatic carbocycles. The molecule has 5 heteroatoms. The minimum absolute atomic E-state index is 0.311. The van der Waals surface area contributed by atoms with E-state index in [1.54, 1.807) is 24.5 Å². The fraction of sp³-hybridized carbons (Fsp3) is 0.556. The maximum absolute atomic E-state index is 12.1. The predicted molar refractivity (Wildman–Crippen MR) is 51.1 cm³/mol. The number of alkyl halides is 3. The zero-order chi connectivity index (χ0) is 10.8. The van der Waals surface area contributed by atoms with Gasteiger partial charge in [0, 0.05) is 0 Å². The van der Waals surface area contributed by atoms with E-state index in [2.05, 4.69) is 4.74 Å². The molecular weight excluding hydrogens is 213 g/mol. The predicted octanol–water partition coefficient (Wildman–Crippen LogP) is 3.14. The lowest BCUT2D eigenvalue weighted by molar-refractivity contribution is -0.354. The number of ether oxygens (including phenoxy) is 1. The molecule has 0 amide bonds. The lowest BCUT2D eigenvalue weighted by Crippen LogP contribution is -2.42. The van der Waals surface area contributed by atoms with Crippen LogP contribution in [0.25, 0.3) is 0 Å². The Bertz CT molecular complexity index is 259. The van der Waals surface area contributed by atoms with Gasteiger partial charge in [-0.15, -0.1) is 13.2 Å². The maximum atomic E-state index is 12.1. The summed E-state index contributed by atoms with van der Waals surface area (Å²) in [6, 6.07) is 0. The molecule has 0 aliphatic heterocycles. The second-order valence-electron chi connectivity index (χ2n) is 3.13. The molecule has 0 saturated carbocycles. The molecule has 80 valence electrons. The maximum Gasteiger partial charge on any atom is 0.523 e. The van der Waals surface area contributed by atoms with Gasteiger partial charge < -0.3 is 0 Å². The Balaban J connectivity index is 2.81. The van der Waals surface area contributed by atoms with Gasteiger partial charge in [0.25, 0.3) is 0 Å². The van der Waals surface area contributed by atoms with Crippen molar-refractivity contribution in [1.82, 2.24) is 0 Å². The van der Waals surface area contributed by atoms with E-state index in [-0.39, 0.29) is 5.25 Å². The first-order valence-corrected chi connectivity index (χ1v) is 5.32. The summed E-state index contributed by atoms with van der Waals surface area (Å²) in [5.74, 6) is 0. The summed E-state index contributed by atoms with van der Waals surface area (Å²) >= 11 is 1.33. The van der Waals surface area contributed by atoms with Crippen molar-refractivity contribution in [2.45, 2.75) is 24.1 Å². The molecule has 2 unspecified atom stereocenters. The van der Waals surface area contributed by atoms with Crippen molar-refractivity contribution in [3.8, 4) is 0 Å². The average Bonchev–Trinajstić information content (AvgIpc) is 2.01. The number of thioether (sulfide) groups is 1.